The highest BCUT2D eigenvalue weighted by Gasteiger charge is 2.67. The maximum absolute atomic E-state index is 13.3. The fourth-order valence-corrected chi connectivity index (χ4v) is 6.30. The van der Waals surface area contributed by atoms with Crippen molar-refractivity contribution in [2.45, 2.75) is 54.8 Å². The van der Waals surface area contributed by atoms with Crippen molar-refractivity contribution in [2.24, 2.45) is 0 Å². The number of nitrogens with one attached hydrogen (secondary N) is 1. The Hall–Kier alpha value is -3.24. The van der Waals surface area contributed by atoms with E-state index in [1.165, 1.54) is 18.5 Å². The number of halogens is 3. The van der Waals surface area contributed by atoms with Crippen molar-refractivity contribution in [3.63, 3.8) is 0 Å². The van der Waals surface area contributed by atoms with Gasteiger partial charge in [-0.1, -0.05) is 0 Å². The van der Waals surface area contributed by atoms with Crippen LogP contribution in [0.4, 0.5) is 19.0 Å². The Balaban J connectivity index is 1.56. The molecule has 3 N–H and O–H groups in total. The predicted molar refractivity (Wildman–Crippen MR) is 111 cm³/mol. The first-order valence-electron chi connectivity index (χ1n) is 9.98. The van der Waals surface area contributed by atoms with Gasteiger partial charge in [0.2, 0.25) is 15.6 Å². The van der Waals surface area contributed by atoms with Gasteiger partial charge in [-0.3, -0.25) is 9.38 Å². The van der Waals surface area contributed by atoms with Gasteiger partial charge in [-0.2, -0.15) is 13.2 Å². The Morgan fingerprint density at radius 2 is 1.97 bits per heavy atom. The van der Waals surface area contributed by atoms with E-state index in [9.17, 15) is 21.6 Å². The van der Waals surface area contributed by atoms with Crippen LogP contribution < -0.4 is 10.5 Å². The molecule has 0 spiro atoms. The average molecular weight is 477 g/mol. The zero-order valence-electron chi connectivity index (χ0n) is 17.3. The van der Waals surface area contributed by atoms with E-state index in [0.29, 0.717) is 31.4 Å². The number of aromatic nitrogens is 4. The molecule has 9 nitrogen and oxygen atoms in total. The number of aryl methyl sites for hydroxylation is 1. The van der Waals surface area contributed by atoms with Gasteiger partial charge >= 0.3 is 6.18 Å². The van der Waals surface area contributed by atoms with E-state index < -0.39 is 38.8 Å². The molecule has 0 aliphatic heterocycles. The quantitative estimate of drug-likeness (QED) is 0.558. The highest BCUT2D eigenvalue weighted by atomic mass is 32.2. The Morgan fingerprint density at radius 1 is 1.24 bits per heavy atom. The number of fused-ring (bicyclic) bond motifs is 2. The third kappa shape index (κ3) is 3.32. The average Bonchev–Trinajstić information content (AvgIpc) is 3.38. The Kier molecular flexibility index (Phi) is 4.35. The maximum atomic E-state index is 13.3. The van der Waals surface area contributed by atoms with Crippen LogP contribution in [0.5, 0.6) is 0 Å². The number of pyridine rings is 1. The minimum Gasteiger partial charge on any atom is -0.381 e. The summed E-state index contributed by atoms with van der Waals surface area (Å²) in [5.74, 6) is -0.402. The smallest absolute Gasteiger partial charge is 0.381 e. The van der Waals surface area contributed by atoms with Crippen molar-refractivity contribution < 1.29 is 21.6 Å². The van der Waals surface area contributed by atoms with Gasteiger partial charge in [0.15, 0.2) is 17.2 Å². The van der Waals surface area contributed by atoms with Crippen LogP contribution in [0, 0.1) is 13.5 Å². The molecule has 13 heteroatoms. The van der Waals surface area contributed by atoms with E-state index >= 15 is 0 Å². The van der Waals surface area contributed by atoms with Gasteiger partial charge in [0, 0.05) is 48.5 Å². The van der Waals surface area contributed by atoms with Crippen LogP contribution in [0.3, 0.4) is 0 Å². The molecule has 33 heavy (non-hydrogen) atoms. The van der Waals surface area contributed by atoms with Gasteiger partial charge in [-0.05, 0) is 19.4 Å². The highest BCUT2D eigenvalue weighted by Crippen LogP contribution is 2.58. The molecule has 0 aromatic carbocycles. The van der Waals surface area contributed by atoms with Crippen molar-refractivity contribution >= 4 is 21.5 Å². The molecule has 3 aromatic heterocycles. The first-order valence-corrected chi connectivity index (χ1v) is 11.5. The summed E-state index contributed by atoms with van der Waals surface area (Å²) in [5, 5.41) is 0. The van der Waals surface area contributed by atoms with Crippen LogP contribution >= 0.6 is 0 Å². The van der Waals surface area contributed by atoms with Gasteiger partial charge in [-0.15, -0.1) is 0 Å². The largest absolute Gasteiger partial charge is 0.434 e. The van der Waals surface area contributed by atoms with Gasteiger partial charge < -0.3 is 10.6 Å². The lowest BCUT2D eigenvalue weighted by Gasteiger charge is -2.39. The second kappa shape index (κ2) is 6.64. The molecule has 172 valence electrons. The summed E-state index contributed by atoms with van der Waals surface area (Å²) >= 11 is 0. The number of hydrogen-bond donors (Lipinski definition) is 2. The van der Waals surface area contributed by atoms with Crippen molar-refractivity contribution in [1.82, 2.24) is 24.1 Å². The first kappa shape index (κ1) is 21.6. The first-order chi connectivity index (χ1) is 15.4. The van der Waals surface area contributed by atoms with Gasteiger partial charge in [-0.25, -0.2) is 29.7 Å². The third-order valence-electron chi connectivity index (χ3n) is 6.45. The fraction of sp³-hybridized carbons (Fsp3) is 0.400. The topological polar surface area (TPSA) is 120 Å². The third-order valence-corrected chi connectivity index (χ3v) is 7.99. The highest BCUT2D eigenvalue weighted by molar-refractivity contribution is 7.89. The normalized spacial score (nSPS) is 24.6. The number of anilines is 1. The second-order valence-electron chi connectivity index (χ2n) is 8.73. The molecule has 3 heterocycles. The number of rotatable bonds is 4. The zero-order valence-corrected chi connectivity index (χ0v) is 18.1. The lowest BCUT2D eigenvalue weighted by Crippen LogP contribution is -2.57. The monoisotopic (exact) mass is 477 g/mol. The van der Waals surface area contributed by atoms with Crippen LogP contribution in [0.25, 0.3) is 21.7 Å². The van der Waals surface area contributed by atoms with Gasteiger partial charge in [0.1, 0.15) is 4.90 Å². The van der Waals surface area contributed by atoms with Crippen LogP contribution in [0.1, 0.15) is 37.1 Å². The number of nitrogens with two attached hydrogens (primary N) is 1. The molecule has 3 saturated carbocycles. The molecule has 0 radical (unpaired) electrons. The summed E-state index contributed by atoms with van der Waals surface area (Å²) in [6.07, 6.45) is 0.707. The summed E-state index contributed by atoms with van der Waals surface area (Å²) in [4.78, 5) is 15.1. The molecule has 3 aromatic rings. The maximum Gasteiger partial charge on any atom is 0.434 e. The van der Waals surface area contributed by atoms with E-state index in [0.717, 1.165) is 10.6 Å². The van der Waals surface area contributed by atoms with E-state index in [4.69, 9.17) is 12.3 Å². The molecule has 6 rings (SSSR count). The number of hydrogen-bond acceptors (Lipinski definition) is 6. The summed E-state index contributed by atoms with van der Waals surface area (Å²) in [7, 11) is -3.98. The lowest BCUT2D eigenvalue weighted by molar-refractivity contribution is -0.141. The van der Waals surface area contributed by atoms with Crippen molar-refractivity contribution in [1.29, 1.82) is 0 Å². The van der Waals surface area contributed by atoms with Crippen molar-refractivity contribution in [3.05, 3.63) is 47.5 Å². The molecule has 2 bridgehead atoms. The second-order valence-corrected chi connectivity index (χ2v) is 10.4. The van der Waals surface area contributed by atoms with Crippen LogP contribution in [0.2, 0.25) is 0 Å². The molecular formula is C20H18F3N7O2S. The molecule has 3 fully saturated rings. The minimum atomic E-state index is -4.73. The number of alkyl halides is 3. The molecule has 0 saturated heterocycles. The number of nitrogens with zero attached hydrogens (tertiary/aromatic N) is 5. The molecule has 0 atom stereocenters. The van der Waals surface area contributed by atoms with Crippen LogP contribution in [-0.2, 0) is 16.2 Å². The summed E-state index contributed by atoms with van der Waals surface area (Å²) < 4.78 is 69.8. The minimum absolute atomic E-state index is 0.0126. The van der Waals surface area contributed by atoms with E-state index in [-0.39, 0.29) is 21.8 Å². The fourth-order valence-electron chi connectivity index (χ4n) is 4.90. The molecule has 3 aliphatic carbocycles. The molecule has 0 amide bonds. The Bertz CT molecular complexity index is 1450. The van der Waals surface area contributed by atoms with Crippen molar-refractivity contribution in [2.75, 3.05) is 5.73 Å². The van der Waals surface area contributed by atoms with Gasteiger partial charge in [0.25, 0.3) is 0 Å². The van der Waals surface area contributed by atoms with Crippen molar-refractivity contribution in [3.8, 4) is 11.3 Å². The lowest BCUT2D eigenvalue weighted by atomic mass is 9.72. The molecular weight excluding hydrogens is 459 g/mol. The zero-order chi connectivity index (χ0) is 23.8. The predicted octanol–water partition coefficient (Wildman–Crippen LogP) is 2.96. The SMILES string of the molecule is [C-]#[N+]C12CCC(NS(=O)(=O)c3cnc(C)c(-c4cnc5c(N)nc(C(F)(F)F)cn45)c3)(C1)C2. The summed E-state index contributed by atoms with van der Waals surface area (Å²) in [5.41, 5.74) is 4.26. The molecule has 3 aliphatic rings. The number of imidazole rings is 1. The molecule has 0 unspecified atom stereocenters. The standard InChI is InChI=1S/C20H18F3N7O2S/c1-11-13(14-7-27-17-16(24)28-15(8-30(14)17)20(21,22)23)5-12(6-26-11)33(31,32)29-19-4-3-18(9-19,10-19)25-2/h5-8,29H,3-4,9-10H2,1H3,(H2,24,28). The summed E-state index contributed by atoms with van der Waals surface area (Å²) in [6, 6.07) is 1.35. The van der Waals surface area contributed by atoms with Crippen LogP contribution in [0.15, 0.2) is 29.6 Å². The Morgan fingerprint density at radius 3 is 2.61 bits per heavy atom. The van der Waals surface area contributed by atoms with E-state index in [2.05, 4.69) is 24.5 Å². The van der Waals surface area contributed by atoms with E-state index in [1.54, 1.807) is 6.92 Å². The number of nitrogen functional groups attached to an aromatic ring is 1. The number of sulfonamides is 1. The Labute approximate surface area is 186 Å². The van der Waals surface area contributed by atoms with Gasteiger partial charge in [0.05, 0.1) is 11.9 Å². The van der Waals surface area contributed by atoms with Crippen LogP contribution in [-0.4, -0.2) is 38.8 Å². The summed E-state index contributed by atoms with van der Waals surface area (Å²) in [6.45, 7) is 8.94. The van der Waals surface area contributed by atoms with E-state index in [1.807, 2.05) is 0 Å².